The van der Waals surface area contributed by atoms with Gasteiger partial charge in [-0.3, -0.25) is 9.10 Å². The standard InChI is InChI=1S/C20H32ClN3O4S/c1-4-16-8-5-6-12-23(16)13-7-11-22-20(25)15-24(29(3,26)27)17-9-10-19(28-2)18(21)14-17/h9-10,14,16H,4-8,11-13,15H2,1-3H3,(H,22,25). The topological polar surface area (TPSA) is 79.0 Å². The molecule has 7 nitrogen and oxygen atoms in total. The first-order chi connectivity index (χ1) is 13.8. The van der Waals surface area contributed by atoms with Gasteiger partial charge in [-0.25, -0.2) is 8.42 Å². The van der Waals surface area contributed by atoms with Gasteiger partial charge >= 0.3 is 0 Å². The number of amides is 1. The van der Waals surface area contributed by atoms with Crippen molar-refractivity contribution in [1.29, 1.82) is 0 Å². The Labute approximate surface area is 179 Å². The van der Waals surface area contributed by atoms with Crippen LogP contribution in [0.1, 0.15) is 39.0 Å². The normalized spacial score (nSPS) is 17.7. The van der Waals surface area contributed by atoms with Crippen molar-refractivity contribution in [3.63, 3.8) is 0 Å². The summed E-state index contributed by atoms with van der Waals surface area (Å²) >= 11 is 6.11. The molecule has 1 aliphatic rings. The van der Waals surface area contributed by atoms with Crippen LogP contribution in [0.25, 0.3) is 0 Å². The Balaban J connectivity index is 1.89. The fourth-order valence-corrected chi connectivity index (χ4v) is 4.82. The third-order valence-electron chi connectivity index (χ3n) is 5.28. The molecule has 0 saturated carbocycles. The summed E-state index contributed by atoms with van der Waals surface area (Å²) in [7, 11) is -2.16. The second-order valence-electron chi connectivity index (χ2n) is 7.39. The van der Waals surface area contributed by atoms with Crippen LogP contribution >= 0.6 is 11.6 Å². The summed E-state index contributed by atoms with van der Waals surface area (Å²) in [5.41, 5.74) is 0.326. The molecule has 1 aromatic carbocycles. The van der Waals surface area contributed by atoms with Crippen LogP contribution < -0.4 is 14.4 Å². The predicted octanol–water partition coefficient (Wildman–Crippen LogP) is 2.89. The minimum atomic E-state index is -3.64. The van der Waals surface area contributed by atoms with Crippen molar-refractivity contribution in [2.45, 2.75) is 45.1 Å². The summed E-state index contributed by atoms with van der Waals surface area (Å²) in [5.74, 6) is 0.101. The summed E-state index contributed by atoms with van der Waals surface area (Å²) in [6, 6.07) is 5.27. The second-order valence-corrected chi connectivity index (χ2v) is 9.70. The molecule has 0 aromatic heterocycles. The van der Waals surface area contributed by atoms with E-state index in [-0.39, 0.29) is 17.5 Å². The number of hydrogen-bond donors (Lipinski definition) is 1. The Hall–Kier alpha value is -1.51. The van der Waals surface area contributed by atoms with E-state index in [1.807, 2.05) is 0 Å². The van der Waals surface area contributed by atoms with Crippen LogP contribution in [0.2, 0.25) is 5.02 Å². The SMILES string of the molecule is CCC1CCCCN1CCCNC(=O)CN(c1ccc(OC)c(Cl)c1)S(C)(=O)=O. The number of benzene rings is 1. The Bertz CT molecular complexity index is 788. The van der Waals surface area contributed by atoms with E-state index in [0.29, 0.717) is 24.0 Å². The molecule has 1 fully saturated rings. The summed E-state index contributed by atoms with van der Waals surface area (Å²) in [6.07, 6.45) is 6.84. The van der Waals surface area contributed by atoms with Crippen molar-refractivity contribution in [3.05, 3.63) is 23.2 Å². The third-order valence-corrected chi connectivity index (χ3v) is 6.71. The third kappa shape index (κ3) is 7.04. The molecule has 29 heavy (non-hydrogen) atoms. The quantitative estimate of drug-likeness (QED) is 0.560. The van der Waals surface area contributed by atoms with Crippen LogP contribution in [0, 0.1) is 0 Å². The number of nitrogens with one attached hydrogen (secondary N) is 1. The number of carbonyl (C=O) groups is 1. The highest BCUT2D eigenvalue weighted by Crippen LogP contribution is 2.30. The van der Waals surface area contributed by atoms with Crippen molar-refractivity contribution in [3.8, 4) is 5.75 Å². The Morgan fingerprint density at radius 1 is 1.38 bits per heavy atom. The summed E-state index contributed by atoms with van der Waals surface area (Å²) < 4.78 is 30.5. The maximum Gasteiger partial charge on any atom is 0.240 e. The lowest BCUT2D eigenvalue weighted by atomic mass is 10.00. The van der Waals surface area contributed by atoms with Gasteiger partial charge in [0.15, 0.2) is 0 Å². The highest BCUT2D eigenvalue weighted by molar-refractivity contribution is 7.92. The van der Waals surface area contributed by atoms with Crippen LogP contribution in [0.5, 0.6) is 5.75 Å². The first-order valence-electron chi connectivity index (χ1n) is 10.1. The lowest BCUT2D eigenvalue weighted by Crippen LogP contribution is -2.42. The number of carbonyl (C=O) groups excluding carboxylic acids is 1. The van der Waals surface area contributed by atoms with Crippen molar-refractivity contribution in [1.82, 2.24) is 10.2 Å². The first-order valence-corrected chi connectivity index (χ1v) is 12.3. The van der Waals surface area contributed by atoms with Crippen molar-refractivity contribution in [2.24, 2.45) is 0 Å². The number of piperidine rings is 1. The Kier molecular flexibility index (Phi) is 9.04. The van der Waals surface area contributed by atoms with Crippen LogP contribution in [0.15, 0.2) is 18.2 Å². The van der Waals surface area contributed by atoms with Crippen LogP contribution in [0.3, 0.4) is 0 Å². The fourth-order valence-electron chi connectivity index (χ4n) is 3.72. The molecule has 1 saturated heterocycles. The van der Waals surface area contributed by atoms with Gasteiger partial charge in [-0.15, -0.1) is 0 Å². The van der Waals surface area contributed by atoms with E-state index in [1.54, 1.807) is 12.1 Å². The van der Waals surface area contributed by atoms with E-state index < -0.39 is 10.0 Å². The highest BCUT2D eigenvalue weighted by atomic mass is 35.5. The molecule has 1 N–H and O–H groups in total. The second kappa shape index (κ2) is 11.0. The maximum atomic E-state index is 12.4. The van der Waals surface area contributed by atoms with E-state index in [0.717, 1.165) is 36.5 Å². The van der Waals surface area contributed by atoms with Gasteiger partial charge in [0.2, 0.25) is 15.9 Å². The smallest absolute Gasteiger partial charge is 0.240 e. The maximum absolute atomic E-state index is 12.4. The van der Waals surface area contributed by atoms with Gasteiger partial charge in [0.05, 0.1) is 24.1 Å². The van der Waals surface area contributed by atoms with Crippen molar-refractivity contribution in [2.75, 3.05) is 43.8 Å². The van der Waals surface area contributed by atoms with Crippen LogP contribution in [0.4, 0.5) is 5.69 Å². The van der Waals surface area contributed by atoms with Gasteiger partial charge in [0.25, 0.3) is 0 Å². The van der Waals surface area contributed by atoms with E-state index >= 15 is 0 Å². The van der Waals surface area contributed by atoms with Crippen LogP contribution in [-0.4, -0.2) is 64.8 Å². The molecule has 0 spiro atoms. The minimum absolute atomic E-state index is 0.283. The van der Waals surface area contributed by atoms with Gasteiger partial charge in [-0.05, 0) is 50.4 Å². The van der Waals surface area contributed by atoms with Gasteiger partial charge in [0, 0.05) is 19.1 Å². The average Bonchev–Trinajstić information content (AvgIpc) is 2.68. The van der Waals surface area contributed by atoms with E-state index in [2.05, 4.69) is 17.1 Å². The summed E-state index contributed by atoms with van der Waals surface area (Å²) in [4.78, 5) is 14.9. The highest BCUT2D eigenvalue weighted by Gasteiger charge is 2.22. The first kappa shape index (κ1) is 23.8. The molecule has 164 valence electrons. The number of anilines is 1. The minimum Gasteiger partial charge on any atom is -0.495 e. The molecule has 0 radical (unpaired) electrons. The lowest BCUT2D eigenvalue weighted by Gasteiger charge is -2.35. The van der Waals surface area contributed by atoms with Gasteiger partial charge in [-0.2, -0.15) is 0 Å². The number of rotatable bonds is 10. The van der Waals surface area contributed by atoms with Crippen LogP contribution in [-0.2, 0) is 14.8 Å². The molecule has 0 bridgehead atoms. The molecular formula is C20H32ClN3O4S. The zero-order chi connectivity index (χ0) is 21.4. The summed E-state index contributed by atoms with van der Waals surface area (Å²) in [6.45, 7) is 4.51. The van der Waals surface area contributed by atoms with E-state index in [9.17, 15) is 13.2 Å². The molecule has 1 atom stereocenters. The van der Waals surface area contributed by atoms with E-state index in [1.165, 1.54) is 32.4 Å². The summed E-state index contributed by atoms with van der Waals surface area (Å²) in [5, 5.41) is 3.12. The lowest BCUT2D eigenvalue weighted by molar-refractivity contribution is -0.119. The van der Waals surface area contributed by atoms with Crippen molar-refractivity contribution < 1.29 is 17.9 Å². The van der Waals surface area contributed by atoms with Gasteiger partial charge < -0.3 is 15.0 Å². The monoisotopic (exact) mass is 445 g/mol. The molecular weight excluding hydrogens is 414 g/mol. The Morgan fingerprint density at radius 2 is 2.14 bits per heavy atom. The number of halogens is 1. The number of hydrogen-bond acceptors (Lipinski definition) is 5. The molecule has 1 unspecified atom stereocenters. The average molecular weight is 446 g/mol. The molecule has 1 heterocycles. The number of methoxy groups -OCH3 is 1. The Morgan fingerprint density at radius 3 is 2.76 bits per heavy atom. The van der Waals surface area contributed by atoms with Gasteiger partial charge in [0.1, 0.15) is 12.3 Å². The number of sulfonamides is 1. The molecule has 1 aliphatic heterocycles. The van der Waals surface area contributed by atoms with E-state index in [4.69, 9.17) is 16.3 Å². The molecule has 2 rings (SSSR count). The van der Waals surface area contributed by atoms with Gasteiger partial charge in [-0.1, -0.05) is 24.9 Å². The van der Waals surface area contributed by atoms with Crippen molar-refractivity contribution >= 4 is 33.2 Å². The largest absolute Gasteiger partial charge is 0.495 e. The molecule has 9 heteroatoms. The molecule has 0 aliphatic carbocycles. The zero-order valence-electron chi connectivity index (χ0n) is 17.5. The molecule has 1 amide bonds. The number of nitrogens with zero attached hydrogens (tertiary/aromatic N) is 2. The predicted molar refractivity (Wildman–Crippen MR) is 117 cm³/mol. The number of likely N-dealkylation sites (tertiary alicyclic amines) is 1. The fraction of sp³-hybridized carbons (Fsp3) is 0.650. The number of ether oxygens (including phenoxy) is 1. The zero-order valence-corrected chi connectivity index (χ0v) is 19.1. The molecule has 1 aromatic rings.